The molecular weight excluding hydrogens is 166 g/mol. The lowest BCUT2D eigenvalue weighted by atomic mass is 10.2. The molecule has 1 heterocycles. The monoisotopic (exact) mass is 183 g/mol. The number of anilines is 1. The summed E-state index contributed by atoms with van der Waals surface area (Å²) in [5.74, 6) is 1.31. The minimum Gasteiger partial charge on any atom is -0.368 e. The van der Waals surface area contributed by atoms with Gasteiger partial charge in [-0.3, -0.25) is 0 Å². The number of nitrogens with zero attached hydrogens (tertiary/aromatic N) is 3. The molecule has 0 saturated carbocycles. The Kier molecular flexibility index (Phi) is 3.70. The molecule has 1 aromatic rings. The second-order valence-corrected chi connectivity index (χ2v) is 3.11. The summed E-state index contributed by atoms with van der Waals surface area (Å²) in [5.41, 5.74) is 10.9. The summed E-state index contributed by atoms with van der Waals surface area (Å²) in [4.78, 5) is 4.11. The van der Waals surface area contributed by atoms with E-state index in [0.29, 0.717) is 5.95 Å². The predicted molar refractivity (Wildman–Crippen MR) is 52.0 cm³/mol. The molecule has 4 N–H and O–H groups in total. The number of hydrogen-bond acceptors (Lipinski definition) is 4. The fraction of sp³-hybridized carbons (Fsp3) is 0.750. The first-order valence-corrected chi connectivity index (χ1v) is 4.59. The molecule has 0 bridgehead atoms. The predicted octanol–water partition coefficient (Wildman–Crippen LogP) is 0.0688. The first kappa shape index (κ1) is 9.98. The molecule has 0 radical (unpaired) electrons. The third-order valence-corrected chi connectivity index (χ3v) is 1.95. The number of aromatic nitrogens is 3. The van der Waals surface area contributed by atoms with Crippen LogP contribution in [-0.2, 0) is 13.5 Å². The molecule has 0 fully saturated rings. The Morgan fingerprint density at radius 3 is 2.62 bits per heavy atom. The molecular formula is C8H17N5. The van der Waals surface area contributed by atoms with E-state index in [-0.39, 0.29) is 0 Å². The third-order valence-electron chi connectivity index (χ3n) is 1.95. The lowest BCUT2D eigenvalue weighted by Crippen LogP contribution is -1.99. The second kappa shape index (κ2) is 4.81. The van der Waals surface area contributed by atoms with Crippen LogP contribution in [0.5, 0.6) is 0 Å². The smallest absolute Gasteiger partial charge is 0.218 e. The maximum Gasteiger partial charge on any atom is 0.218 e. The second-order valence-electron chi connectivity index (χ2n) is 3.11. The van der Waals surface area contributed by atoms with Gasteiger partial charge in [0.25, 0.3) is 0 Å². The Labute approximate surface area is 78.1 Å². The summed E-state index contributed by atoms with van der Waals surface area (Å²) in [6.45, 7) is 0.762. The van der Waals surface area contributed by atoms with Crippen LogP contribution in [-0.4, -0.2) is 21.3 Å². The van der Waals surface area contributed by atoms with Gasteiger partial charge < -0.3 is 11.5 Å². The lowest BCUT2D eigenvalue weighted by molar-refractivity contribution is 0.660. The zero-order chi connectivity index (χ0) is 9.68. The van der Waals surface area contributed by atoms with Crippen molar-refractivity contribution in [2.24, 2.45) is 12.8 Å². The Balaban J connectivity index is 2.29. The first-order valence-electron chi connectivity index (χ1n) is 4.59. The molecule has 5 nitrogen and oxygen atoms in total. The van der Waals surface area contributed by atoms with Crippen molar-refractivity contribution in [3.63, 3.8) is 0 Å². The van der Waals surface area contributed by atoms with Crippen LogP contribution in [0.1, 0.15) is 25.1 Å². The highest BCUT2D eigenvalue weighted by Gasteiger charge is 2.02. The number of rotatable bonds is 5. The van der Waals surface area contributed by atoms with Crippen molar-refractivity contribution >= 4 is 5.95 Å². The Morgan fingerprint density at radius 1 is 1.31 bits per heavy atom. The van der Waals surface area contributed by atoms with Crippen molar-refractivity contribution in [3.05, 3.63) is 5.82 Å². The fourth-order valence-corrected chi connectivity index (χ4v) is 1.16. The van der Waals surface area contributed by atoms with E-state index in [1.165, 1.54) is 0 Å². The van der Waals surface area contributed by atoms with Crippen LogP contribution in [0.3, 0.4) is 0 Å². The highest BCUT2D eigenvalue weighted by atomic mass is 15.4. The number of nitrogen functional groups attached to an aromatic ring is 1. The Morgan fingerprint density at radius 2 is 2.08 bits per heavy atom. The van der Waals surface area contributed by atoms with Crippen LogP contribution < -0.4 is 11.5 Å². The molecule has 5 heteroatoms. The van der Waals surface area contributed by atoms with E-state index >= 15 is 0 Å². The molecule has 1 aromatic heterocycles. The standard InChI is InChI=1S/C8H17N5/c1-13-8(10)11-7(12-13)5-3-2-4-6-9/h2-6,9H2,1H3,(H2,10,11,12). The Hall–Kier alpha value is -1.10. The summed E-state index contributed by atoms with van der Waals surface area (Å²) >= 11 is 0. The molecule has 74 valence electrons. The minimum absolute atomic E-state index is 0.480. The van der Waals surface area contributed by atoms with E-state index in [4.69, 9.17) is 11.5 Å². The van der Waals surface area contributed by atoms with Crippen molar-refractivity contribution in [1.29, 1.82) is 0 Å². The zero-order valence-corrected chi connectivity index (χ0v) is 8.03. The normalized spacial score (nSPS) is 10.6. The van der Waals surface area contributed by atoms with Gasteiger partial charge in [-0.05, 0) is 19.4 Å². The van der Waals surface area contributed by atoms with Crippen LogP contribution in [0.25, 0.3) is 0 Å². The minimum atomic E-state index is 0.480. The molecule has 1 rings (SSSR count). The number of unbranched alkanes of at least 4 members (excludes halogenated alkanes) is 2. The van der Waals surface area contributed by atoms with Gasteiger partial charge in [0, 0.05) is 13.5 Å². The maximum absolute atomic E-state index is 5.54. The van der Waals surface area contributed by atoms with Gasteiger partial charge in [-0.15, -0.1) is 0 Å². The molecule has 13 heavy (non-hydrogen) atoms. The number of aryl methyl sites for hydroxylation is 2. The maximum atomic E-state index is 5.54. The Bertz CT molecular complexity index is 236. The molecule has 0 saturated heterocycles. The molecule has 0 atom stereocenters. The van der Waals surface area contributed by atoms with E-state index in [1.54, 1.807) is 11.7 Å². The van der Waals surface area contributed by atoms with Gasteiger partial charge in [0.05, 0.1) is 0 Å². The largest absolute Gasteiger partial charge is 0.368 e. The quantitative estimate of drug-likeness (QED) is 0.633. The summed E-state index contributed by atoms with van der Waals surface area (Å²) in [6.07, 6.45) is 4.18. The van der Waals surface area contributed by atoms with E-state index in [9.17, 15) is 0 Å². The van der Waals surface area contributed by atoms with Gasteiger partial charge >= 0.3 is 0 Å². The van der Waals surface area contributed by atoms with Crippen molar-refractivity contribution in [2.75, 3.05) is 12.3 Å². The van der Waals surface area contributed by atoms with Gasteiger partial charge in [0.15, 0.2) is 5.82 Å². The average molecular weight is 183 g/mol. The third kappa shape index (κ3) is 3.02. The van der Waals surface area contributed by atoms with Gasteiger partial charge in [-0.1, -0.05) is 6.42 Å². The summed E-state index contributed by atoms with van der Waals surface area (Å²) in [5, 5.41) is 4.16. The van der Waals surface area contributed by atoms with Crippen molar-refractivity contribution < 1.29 is 0 Å². The van der Waals surface area contributed by atoms with Crippen LogP contribution in [0.2, 0.25) is 0 Å². The molecule has 0 spiro atoms. The SMILES string of the molecule is Cn1nc(CCCCCN)nc1N. The number of hydrogen-bond donors (Lipinski definition) is 2. The summed E-state index contributed by atoms with van der Waals surface area (Å²) in [6, 6.07) is 0. The molecule has 0 unspecified atom stereocenters. The average Bonchev–Trinajstić information content (AvgIpc) is 2.41. The van der Waals surface area contributed by atoms with Crippen LogP contribution in [0.4, 0.5) is 5.95 Å². The van der Waals surface area contributed by atoms with Crippen molar-refractivity contribution in [1.82, 2.24) is 14.8 Å². The highest BCUT2D eigenvalue weighted by Crippen LogP contribution is 2.03. The van der Waals surface area contributed by atoms with E-state index in [2.05, 4.69) is 10.1 Å². The van der Waals surface area contributed by atoms with Crippen LogP contribution in [0, 0.1) is 0 Å². The van der Waals surface area contributed by atoms with E-state index < -0.39 is 0 Å². The zero-order valence-electron chi connectivity index (χ0n) is 8.03. The fourth-order valence-electron chi connectivity index (χ4n) is 1.16. The highest BCUT2D eigenvalue weighted by molar-refractivity contribution is 5.15. The molecule has 0 aliphatic rings. The van der Waals surface area contributed by atoms with E-state index in [0.717, 1.165) is 38.1 Å². The molecule has 0 aliphatic heterocycles. The van der Waals surface area contributed by atoms with Gasteiger partial charge in [0.2, 0.25) is 5.95 Å². The summed E-state index contributed by atoms with van der Waals surface area (Å²) in [7, 11) is 1.80. The first-order chi connectivity index (χ1) is 6.24. The van der Waals surface area contributed by atoms with Gasteiger partial charge in [0.1, 0.15) is 0 Å². The molecule has 0 aliphatic carbocycles. The van der Waals surface area contributed by atoms with Gasteiger partial charge in [-0.25, -0.2) is 4.68 Å². The van der Waals surface area contributed by atoms with Crippen molar-refractivity contribution in [2.45, 2.75) is 25.7 Å². The van der Waals surface area contributed by atoms with Gasteiger partial charge in [-0.2, -0.15) is 10.1 Å². The van der Waals surface area contributed by atoms with Crippen LogP contribution >= 0.6 is 0 Å². The van der Waals surface area contributed by atoms with E-state index in [1.807, 2.05) is 0 Å². The molecule has 0 amide bonds. The lowest BCUT2D eigenvalue weighted by Gasteiger charge is -1.94. The van der Waals surface area contributed by atoms with Crippen LogP contribution in [0.15, 0.2) is 0 Å². The number of nitrogens with two attached hydrogens (primary N) is 2. The topological polar surface area (TPSA) is 82.8 Å². The summed E-state index contributed by atoms with van der Waals surface area (Å²) < 4.78 is 1.60. The van der Waals surface area contributed by atoms with Crippen molar-refractivity contribution in [3.8, 4) is 0 Å². The molecule has 0 aromatic carbocycles.